The van der Waals surface area contributed by atoms with Crippen LogP contribution in [0.3, 0.4) is 0 Å². The summed E-state index contributed by atoms with van der Waals surface area (Å²) in [6.07, 6.45) is -0.754. The Morgan fingerprint density at radius 2 is 2.00 bits per heavy atom. The summed E-state index contributed by atoms with van der Waals surface area (Å²) in [5.74, 6) is -0.0173. The molecular formula is C12H10FIO3. The summed E-state index contributed by atoms with van der Waals surface area (Å²) >= 11 is 1.95. The molecule has 0 aromatic heterocycles. The number of halogens is 2. The molecule has 0 bridgehead atoms. The SMILES string of the molecule is CC1(C)OC(=O)O/C1=C(/I)c1ccccc1F. The van der Waals surface area contributed by atoms with E-state index in [4.69, 9.17) is 9.47 Å². The molecule has 1 aromatic carbocycles. The zero-order chi connectivity index (χ0) is 12.6. The zero-order valence-corrected chi connectivity index (χ0v) is 11.4. The van der Waals surface area contributed by atoms with Gasteiger partial charge in [0.2, 0.25) is 0 Å². The monoisotopic (exact) mass is 348 g/mol. The van der Waals surface area contributed by atoms with Crippen LogP contribution in [0.4, 0.5) is 9.18 Å². The van der Waals surface area contributed by atoms with Gasteiger partial charge in [-0.3, -0.25) is 0 Å². The Balaban J connectivity index is 2.53. The van der Waals surface area contributed by atoms with Crippen LogP contribution in [0.2, 0.25) is 0 Å². The van der Waals surface area contributed by atoms with Crippen molar-refractivity contribution in [2.75, 3.05) is 0 Å². The molecule has 1 heterocycles. The summed E-state index contributed by atoms with van der Waals surface area (Å²) in [5, 5.41) is 0. The Morgan fingerprint density at radius 1 is 1.35 bits per heavy atom. The highest BCUT2D eigenvalue weighted by molar-refractivity contribution is 14.1. The molecule has 3 nitrogen and oxygen atoms in total. The fraction of sp³-hybridized carbons (Fsp3) is 0.250. The molecule has 1 saturated heterocycles. The number of carbonyl (C=O) groups is 1. The maximum atomic E-state index is 13.6. The van der Waals surface area contributed by atoms with E-state index < -0.39 is 11.8 Å². The lowest BCUT2D eigenvalue weighted by Gasteiger charge is -2.16. The molecule has 1 aliphatic rings. The van der Waals surface area contributed by atoms with Crippen molar-refractivity contribution < 1.29 is 18.7 Å². The van der Waals surface area contributed by atoms with Gasteiger partial charge in [-0.05, 0) is 42.5 Å². The van der Waals surface area contributed by atoms with Crippen LogP contribution in [0.1, 0.15) is 19.4 Å². The lowest BCUT2D eigenvalue weighted by atomic mass is 10.0. The molecule has 1 aliphatic heterocycles. The van der Waals surface area contributed by atoms with E-state index in [1.54, 1.807) is 32.0 Å². The van der Waals surface area contributed by atoms with Crippen LogP contribution in [0.5, 0.6) is 0 Å². The van der Waals surface area contributed by atoms with Crippen molar-refractivity contribution in [2.24, 2.45) is 0 Å². The minimum Gasteiger partial charge on any atom is -0.420 e. The molecule has 0 unspecified atom stereocenters. The van der Waals surface area contributed by atoms with Gasteiger partial charge in [0, 0.05) is 5.56 Å². The average molecular weight is 348 g/mol. The van der Waals surface area contributed by atoms with Gasteiger partial charge in [-0.25, -0.2) is 9.18 Å². The standard InChI is InChI=1S/C12H10FIO3/c1-12(2)10(16-11(15)17-12)9(14)7-5-3-4-6-8(7)13/h3-6H,1-2H3/b10-9+. The van der Waals surface area contributed by atoms with Crippen LogP contribution in [-0.2, 0) is 9.47 Å². The summed E-state index contributed by atoms with van der Waals surface area (Å²) in [5.41, 5.74) is -0.468. The highest BCUT2D eigenvalue weighted by Crippen LogP contribution is 2.39. The third kappa shape index (κ3) is 2.29. The first-order valence-electron chi connectivity index (χ1n) is 4.98. The number of benzene rings is 1. The van der Waals surface area contributed by atoms with Gasteiger partial charge in [0.1, 0.15) is 5.82 Å². The normalized spacial score (nSPS) is 20.8. The lowest BCUT2D eigenvalue weighted by Crippen LogP contribution is -2.21. The predicted molar refractivity (Wildman–Crippen MR) is 69.0 cm³/mol. The van der Waals surface area contributed by atoms with Crippen molar-refractivity contribution in [2.45, 2.75) is 19.4 Å². The maximum Gasteiger partial charge on any atom is 0.514 e. The summed E-state index contributed by atoms with van der Waals surface area (Å²) in [6.45, 7) is 3.40. The van der Waals surface area contributed by atoms with Gasteiger partial charge in [-0.1, -0.05) is 18.2 Å². The highest BCUT2D eigenvalue weighted by atomic mass is 127. The molecule has 0 saturated carbocycles. The average Bonchev–Trinajstić information content (AvgIpc) is 2.51. The molecule has 2 rings (SSSR count). The number of cyclic esters (lactones) is 2. The van der Waals surface area contributed by atoms with Crippen molar-refractivity contribution in [3.8, 4) is 0 Å². The van der Waals surface area contributed by atoms with Gasteiger partial charge < -0.3 is 9.47 Å². The van der Waals surface area contributed by atoms with Gasteiger partial charge in [-0.2, -0.15) is 0 Å². The highest BCUT2D eigenvalue weighted by Gasteiger charge is 2.41. The third-order valence-corrected chi connectivity index (χ3v) is 3.45. The lowest BCUT2D eigenvalue weighted by molar-refractivity contribution is 0.0873. The van der Waals surface area contributed by atoms with Crippen molar-refractivity contribution >= 4 is 32.3 Å². The third-order valence-electron chi connectivity index (χ3n) is 2.38. The van der Waals surface area contributed by atoms with Crippen molar-refractivity contribution in [3.63, 3.8) is 0 Å². The van der Waals surface area contributed by atoms with Gasteiger partial charge >= 0.3 is 6.16 Å². The largest absolute Gasteiger partial charge is 0.514 e. The van der Waals surface area contributed by atoms with E-state index >= 15 is 0 Å². The minimum atomic E-state index is -0.865. The van der Waals surface area contributed by atoms with E-state index in [9.17, 15) is 9.18 Å². The Hall–Kier alpha value is -1.11. The van der Waals surface area contributed by atoms with Crippen LogP contribution in [-0.4, -0.2) is 11.8 Å². The van der Waals surface area contributed by atoms with Crippen LogP contribution in [0, 0.1) is 5.82 Å². The molecule has 0 N–H and O–H groups in total. The summed E-state index contributed by atoms with van der Waals surface area (Å²) < 4.78 is 24.2. The second-order valence-electron chi connectivity index (χ2n) is 4.09. The molecule has 1 aromatic rings. The molecule has 0 atom stereocenters. The van der Waals surface area contributed by atoms with Gasteiger partial charge in [0.05, 0.1) is 3.58 Å². The molecule has 0 amide bonds. The fourth-order valence-electron chi connectivity index (χ4n) is 1.55. The quantitative estimate of drug-likeness (QED) is 0.571. The first kappa shape index (κ1) is 12.3. The van der Waals surface area contributed by atoms with Crippen LogP contribution in [0.15, 0.2) is 30.0 Å². The second kappa shape index (κ2) is 4.29. The maximum absolute atomic E-state index is 13.6. The van der Waals surface area contributed by atoms with Gasteiger partial charge in [0.15, 0.2) is 11.4 Å². The molecular weight excluding hydrogens is 338 g/mol. The Morgan fingerprint density at radius 3 is 2.53 bits per heavy atom. The molecule has 1 fully saturated rings. The molecule has 5 heteroatoms. The van der Waals surface area contributed by atoms with E-state index in [1.165, 1.54) is 6.07 Å². The fourth-order valence-corrected chi connectivity index (χ4v) is 2.75. The van der Waals surface area contributed by atoms with Crippen LogP contribution in [0.25, 0.3) is 3.58 Å². The number of ether oxygens (including phenoxy) is 2. The van der Waals surface area contributed by atoms with Crippen molar-refractivity contribution in [1.29, 1.82) is 0 Å². The summed E-state index contributed by atoms with van der Waals surface area (Å²) in [6, 6.07) is 6.32. The van der Waals surface area contributed by atoms with E-state index in [2.05, 4.69) is 0 Å². The Kier molecular flexibility index (Phi) is 3.11. The molecule has 0 radical (unpaired) electrons. The smallest absolute Gasteiger partial charge is 0.420 e. The number of rotatable bonds is 1. The first-order chi connectivity index (χ1) is 7.92. The first-order valence-corrected chi connectivity index (χ1v) is 6.05. The minimum absolute atomic E-state index is 0.341. The molecule has 0 spiro atoms. The van der Waals surface area contributed by atoms with Crippen molar-refractivity contribution in [3.05, 3.63) is 41.4 Å². The molecule has 0 aliphatic carbocycles. The van der Waals surface area contributed by atoms with Crippen LogP contribution >= 0.6 is 22.6 Å². The van der Waals surface area contributed by atoms with Crippen LogP contribution < -0.4 is 0 Å². The van der Waals surface area contributed by atoms with Gasteiger partial charge in [-0.15, -0.1) is 0 Å². The number of carbonyl (C=O) groups excluding carboxylic acids is 1. The second-order valence-corrected chi connectivity index (χ2v) is 5.17. The predicted octanol–water partition coefficient (Wildman–Crippen LogP) is 3.87. The van der Waals surface area contributed by atoms with Gasteiger partial charge in [0.25, 0.3) is 0 Å². The van der Waals surface area contributed by atoms with E-state index in [0.29, 0.717) is 14.9 Å². The Bertz CT molecular complexity index is 508. The molecule has 90 valence electrons. The topological polar surface area (TPSA) is 35.5 Å². The van der Waals surface area contributed by atoms with Crippen molar-refractivity contribution in [1.82, 2.24) is 0 Å². The van der Waals surface area contributed by atoms with E-state index in [0.717, 1.165) is 0 Å². The number of hydrogen-bond acceptors (Lipinski definition) is 3. The zero-order valence-electron chi connectivity index (χ0n) is 9.29. The Labute approximate surface area is 112 Å². The summed E-state index contributed by atoms with van der Waals surface area (Å²) in [4.78, 5) is 11.1. The number of hydrogen-bond donors (Lipinski definition) is 0. The molecule has 17 heavy (non-hydrogen) atoms. The van der Waals surface area contributed by atoms with E-state index in [-0.39, 0.29) is 5.82 Å². The summed E-state index contributed by atoms with van der Waals surface area (Å²) in [7, 11) is 0. The van der Waals surface area contributed by atoms with E-state index in [1.807, 2.05) is 22.6 Å².